The Hall–Kier alpha value is -2.22. The molecule has 7 nitrogen and oxygen atoms in total. The molecule has 0 bridgehead atoms. The van der Waals surface area contributed by atoms with Gasteiger partial charge < -0.3 is 20.2 Å². The number of anilines is 2. The fraction of sp³-hybridized carbons (Fsp3) is 0.308. The summed E-state index contributed by atoms with van der Waals surface area (Å²) in [7, 11) is 1.53. The van der Waals surface area contributed by atoms with Gasteiger partial charge in [0.2, 0.25) is 11.8 Å². The van der Waals surface area contributed by atoms with Gasteiger partial charge in [-0.1, -0.05) is 11.8 Å². The number of benzene rings is 1. The highest BCUT2D eigenvalue weighted by molar-refractivity contribution is 8.00. The summed E-state index contributed by atoms with van der Waals surface area (Å²) in [6, 6.07) is 5.04. The Morgan fingerprint density at radius 1 is 1.48 bits per heavy atom. The first-order valence-corrected chi connectivity index (χ1v) is 7.08. The summed E-state index contributed by atoms with van der Waals surface area (Å²) < 4.78 is 10.4. The van der Waals surface area contributed by atoms with Crippen LogP contribution in [0.15, 0.2) is 27.8 Å². The first-order valence-electron chi connectivity index (χ1n) is 6.20. The first kappa shape index (κ1) is 15.2. The zero-order chi connectivity index (χ0) is 15.4. The summed E-state index contributed by atoms with van der Waals surface area (Å²) in [5.74, 6) is 0.797. The lowest BCUT2D eigenvalue weighted by molar-refractivity contribution is -0.115. The summed E-state index contributed by atoms with van der Waals surface area (Å²) in [6.07, 6.45) is 0. The molecule has 0 saturated carbocycles. The quantitative estimate of drug-likeness (QED) is 0.644. The Morgan fingerprint density at radius 3 is 2.86 bits per heavy atom. The topological polar surface area (TPSA) is 103 Å². The fourth-order valence-electron chi connectivity index (χ4n) is 1.59. The summed E-state index contributed by atoms with van der Waals surface area (Å²) >= 11 is 1.19. The molecular formula is C13H16N4O3S. The summed E-state index contributed by atoms with van der Waals surface area (Å²) in [5, 5.41) is 10.3. The van der Waals surface area contributed by atoms with Gasteiger partial charge in [0.05, 0.1) is 18.0 Å². The lowest BCUT2D eigenvalue weighted by Crippen LogP contribution is -2.22. The van der Waals surface area contributed by atoms with Gasteiger partial charge in [-0.15, -0.1) is 10.2 Å². The van der Waals surface area contributed by atoms with Crippen molar-refractivity contribution in [2.45, 2.75) is 24.3 Å². The molecule has 8 heteroatoms. The number of nitrogens with two attached hydrogens (primary N) is 1. The van der Waals surface area contributed by atoms with Gasteiger partial charge in [-0.05, 0) is 25.1 Å². The van der Waals surface area contributed by atoms with Crippen LogP contribution in [0.4, 0.5) is 11.4 Å². The van der Waals surface area contributed by atoms with E-state index in [9.17, 15) is 4.79 Å². The Morgan fingerprint density at radius 2 is 2.24 bits per heavy atom. The molecule has 1 aromatic heterocycles. The number of aromatic nitrogens is 2. The summed E-state index contributed by atoms with van der Waals surface area (Å²) in [6.45, 7) is 3.44. The molecule has 21 heavy (non-hydrogen) atoms. The third-order valence-electron chi connectivity index (χ3n) is 2.64. The molecular weight excluding hydrogens is 292 g/mol. The van der Waals surface area contributed by atoms with Crippen LogP contribution in [0.3, 0.4) is 0 Å². The smallest absolute Gasteiger partial charge is 0.277 e. The van der Waals surface area contributed by atoms with Crippen molar-refractivity contribution in [2.75, 3.05) is 18.2 Å². The molecule has 0 saturated heterocycles. The minimum Gasteiger partial charge on any atom is -0.495 e. The lowest BCUT2D eigenvalue weighted by Gasteiger charge is -2.13. The molecule has 2 aromatic rings. The Balaban J connectivity index is 2.05. The number of aryl methyl sites for hydroxylation is 1. The molecule has 2 rings (SSSR count). The van der Waals surface area contributed by atoms with Crippen molar-refractivity contribution >= 4 is 29.0 Å². The Kier molecular flexibility index (Phi) is 4.69. The Bertz CT molecular complexity index is 644. The van der Waals surface area contributed by atoms with Crippen LogP contribution < -0.4 is 15.8 Å². The molecule has 1 heterocycles. The van der Waals surface area contributed by atoms with Crippen molar-refractivity contribution in [1.29, 1.82) is 0 Å². The van der Waals surface area contributed by atoms with Gasteiger partial charge in [0.1, 0.15) is 5.75 Å². The maximum atomic E-state index is 12.2. The van der Waals surface area contributed by atoms with E-state index in [0.29, 0.717) is 28.2 Å². The molecule has 1 amide bonds. The van der Waals surface area contributed by atoms with E-state index in [0.717, 1.165) is 0 Å². The second-order valence-electron chi connectivity index (χ2n) is 4.30. The first-order chi connectivity index (χ1) is 9.99. The molecule has 0 aliphatic heterocycles. The van der Waals surface area contributed by atoms with E-state index in [2.05, 4.69) is 15.5 Å². The third kappa shape index (κ3) is 3.88. The lowest BCUT2D eigenvalue weighted by atomic mass is 10.2. The molecule has 0 radical (unpaired) electrons. The van der Waals surface area contributed by atoms with Crippen LogP contribution in [-0.2, 0) is 4.79 Å². The fourth-order valence-corrected chi connectivity index (χ4v) is 2.31. The predicted octanol–water partition coefficient (Wildman–Crippen LogP) is 2.09. The monoisotopic (exact) mass is 308 g/mol. The predicted molar refractivity (Wildman–Crippen MR) is 80.4 cm³/mol. The average molecular weight is 308 g/mol. The number of nitrogen functional groups attached to an aromatic ring is 1. The number of carbonyl (C=O) groups excluding carboxylic acids is 1. The van der Waals surface area contributed by atoms with Gasteiger partial charge in [0, 0.05) is 12.6 Å². The van der Waals surface area contributed by atoms with E-state index < -0.39 is 5.25 Å². The average Bonchev–Trinajstić information content (AvgIpc) is 2.84. The molecule has 0 fully saturated rings. The van der Waals surface area contributed by atoms with Crippen molar-refractivity contribution in [2.24, 2.45) is 0 Å². The van der Waals surface area contributed by atoms with Crippen molar-refractivity contribution in [3.63, 3.8) is 0 Å². The second kappa shape index (κ2) is 6.49. The van der Waals surface area contributed by atoms with Crippen molar-refractivity contribution in [1.82, 2.24) is 10.2 Å². The van der Waals surface area contributed by atoms with Crippen LogP contribution in [-0.4, -0.2) is 28.5 Å². The molecule has 0 spiro atoms. The van der Waals surface area contributed by atoms with Crippen molar-refractivity contribution in [3.8, 4) is 5.75 Å². The third-order valence-corrected chi connectivity index (χ3v) is 3.57. The summed E-state index contributed by atoms with van der Waals surface area (Å²) in [4.78, 5) is 12.2. The number of ether oxygens (including phenoxy) is 1. The van der Waals surface area contributed by atoms with E-state index in [1.54, 1.807) is 32.0 Å². The number of nitrogens with one attached hydrogen (secondary N) is 1. The number of thioether (sulfide) groups is 1. The van der Waals surface area contributed by atoms with Crippen LogP contribution in [0, 0.1) is 6.92 Å². The normalized spacial score (nSPS) is 12.0. The maximum absolute atomic E-state index is 12.2. The van der Waals surface area contributed by atoms with Crippen molar-refractivity contribution in [3.05, 3.63) is 24.1 Å². The van der Waals surface area contributed by atoms with Crippen LogP contribution in [0.2, 0.25) is 0 Å². The number of carbonyl (C=O) groups is 1. The van der Waals surface area contributed by atoms with Crippen molar-refractivity contribution < 1.29 is 13.9 Å². The number of methoxy groups -OCH3 is 1. The van der Waals surface area contributed by atoms with Crippen LogP contribution in [0.1, 0.15) is 12.8 Å². The minimum atomic E-state index is -0.406. The number of amides is 1. The molecule has 1 aromatic carbocycles. The van der Waals surface area contributed by atoms with Crippen LogP contribution in [0.5, 0.6) is 5.75 Å². The molecule has 1 unspecified atom stereocenters. The second-order valence-corrected chi connectivity index (χ2v) is 5.59. The molecule has 0 aliphatic rings. The van der Waals surface area contributed by atoms with Gasteiger partial charge in [-0.2, -0.15) is 0 Å². The minimum absolute atomic E-state index is 0.209. The van der Waals surface area contributed by atoms with E-state index in [1.807, 2.05) is 0 Å². The highest BCUT2D eigenvalue weighted by atomic mass is 32.2. The molecule has 112 valence electrons. The maximum Gasteiger partial charge on any atom is 0.277 e. The SMILES string of the molecule is COc1ccc(N)cc1NC(=O)C(C)Sc1nnc(C)o1. The summed E-state index contributed by atoms with van der Waals surface area (Å²) in [5.41, 5.74) is 6.78. The standard InChI is InChI=1S/C13H16N4O3S/c1-7(21-13-17-16-8(2)20-13)12(18)15-10-6-9(14)4-5-11(10)19-3/h4-7H,14H2,1-3H3,(H,15,18). The highest BCUT2D eigenvalue weighted by Crippen LogP contribution is 2.28. The van der Waals surface area contributed by atoms with Gasteiger partial charge in [0.25, 0.3) is 5.22 Å². The van der Waals surface area contributed by atoms with E-state index in [-0.39, 0.29) is 5.91 Å². The van der Waals surface area contributed by atoms with E-state index >= 15 is 0 Å². The van der Waals surface area contributed by atoms with E-state index in [4.69, 9.17) is 14.9 Å². The van der Waals surface area contributed by atoms with Gasteiger partial charge in [-0.3, -0.25) is 4.79 Å². The molecule has 1 atom stereocenters. The zero-order valence-corrected chi connectivity index (χ0v) is 12.7. The number of rotatable bonds is 5. The zero-order valence-electron chi connectivity index (χ0n) is 11.9. The number of nitrogens with zero attached hydrogens (tertiary/aromatic N) is 2. The number of hydrogen-bond acceptors (Lipinski definition) is 7. The van der Waals surface area contributed by atoms with E-state index in [1.165, 1.54) is 18.9 Å². The number of hydrogen-bond donors (Lipinski definition) is 2. The van der Waals surface area contributed by atoms with Crippen LogP contribution >= 0.6 is 11.8 Å². The van der Waals surface area contributed by atoms with Gasteiger partial charge in [0.15, 0.2) is 0 Å². The largest absolute Gasteiger partial charge is 0.495 e. The highest BCUT2D eigenvalue weighted by Gasteiger charge is 2.19. The van der Waals surface area contributed by atoms with Gasteiger partial charge >= 0.3 is 0 Å². The van der Waals surface area contributed by atoms with Gasteiger partial charge in [-0.25, -0.2) is 0 Å². The Labute approximate surface area is 126 Å². The van der Waals surface area contributed by atoms with Crippen LogP contribution in [0.25, 0.3) is 0 Å². The molecule has 3 N–H and O–H groups in total. The molecule has 0 aliphatic carbocycles.